The Balaban J connectivity index is 2.05. The van der Waals surface area contributed by atoms with Crippen LogP contribution in [0.2, 0.25) is 0 Å². The standard InChI is InChI=1S/C17H22N2/c1-16(2)7-9-17(18,10-8-16)15-5-3-4-13-6-11-19-12-14(13)15/h3-6,11-12H,7-10,18H2,1-2H3. The van der Waals surface area contributed by atoms with Crippen LogP contribution in [0.1, 0.15) is 45.1 Å². The molecule has 2 aromatic rings. The minimum absolute atomic E-state index is 0.182. The Kier molecular flexibility index (Phi) is 2.86. The van der Waals surface area contributed by atoms with Crippen LogP contribution in [0.3, 0.4) is 0 Å². The molecule has 1 aromatic heterocycles. The van der Waals surface area contributed by atoms with Crippen molar-refractivity contribution in [2.45, 2.75) is 45.1 Å². The van der Waals surface area contributed by atoms with Crippen LogP contribution in [0.25, 0.3) is 10.8 Å². The molecule has 0 saturated heterocycles. The van der Waals surface area contributed by atoms with E-state index in [1.807, 2.05) is 12.4 Å². The molecule has 1 aromatic carbocycles. The zero-order valence-corrected chi connectivity index (χ0v) is 11.8. The molecule has 3 rings (SSSR count). The second kappa shape index (κ2) is 4.31. The first-order valence-corrected chi connectivity index (χ1v) is 7.12. The zero-order chi connectivity index (χ0) is 13.5. The van der Waals surface area contributed by atoms with Gasteiger partial charge in [0.05, 0.1) is 0 Å². The highest BCUT2D eigenvalue weighted by molar-refractivity contribution is 5.85. The molecule has 0 spiro atoms. The predicted octanol–water partition coefficient (Wildman–Crippen LogP) is 3.99. The van der Waals surface area contributed by atoms with Gasteiger partial charge in [-0.25, -0.2) is 0 Å². The molecule has 1 saturated carbocycles. The van der Waals surface area contributed by atoms with Crippen molar-refractivity contribution in [2.75, 3.05) is 0 Å². The van der Waals surface area contributed by atoms with Crippen LogP contribution >= 0.6 is 0 Å². The van der Waals surface area contributed by atoms with Gasteiger partial charge < -0.3 is 5.73 Å². The molecule has 0 aliphatic heterocycles. The van der Waals surface area contributed by atoms with Gasteiger partial charge in [0.1, 0.15) is 0 Å². The van der Waals surface area contributed by atoms with Crippen LogP contribution in [0.4, 0.5) is 0 Å². The summed E-state index contributed by atoms with van der Waals surface area (Å²) in [5.41, 5.74) is 8.27. The topological polar surface area (TPSA) is 38.9 Å². The Morgan fingerprint density at radius 2 is 1.79 bits per heavy atom. The van der Waals surface area contributed by atoms with E-state index in [-0.39, 0.29) is 5.54 Å². The van der Waals surface area contributed by atoms with Crippen molar-refractivity contribution in [1.82, 2.24) is 4.98 Å². The molecule has 0 amide bonds. The monoisotopic (exact) mass is 254 g/mol. The molecule has 100 valence electrons. The summed E-state index contributed by atoms with van der Waals surface area (Å²) in [6.45, 7) is 4.69. The lowest BCUT2D eigenvalue weighted by Gasteiger charge is -2.42. The van der Waals surface area contributed by atoms with Gasteiger partial charge in [-0.2, -0.15) is 0 Å². The molecule has 19 heavy (non-hydrogen) atoms. The number of hydrogen-bond acceptors (Lipinski definition) is 2. The minimum atomic E-state index is -0.182. The van der Waals surface area contributed by atoms with Crippen molar-refractivity contribution in [3.8, 4) is 0 Å². The zero-order valence-electron chi connectivity index (χ0n) is 11.8. The number of pyridine rings is 1. The lowest BCUT2D eigenvalue weighted by atomic mass is 9.67. The molecule has 0 unspecified atom stereocenters. The quantitative estimate of drug-likeness (QED) is 0.835. The van der Waals surface area contributed by atoms with E-state index in [1.54, 1.807) is 0 Å². The summed E-state index contributed by atoms with van der Waals surface area (Å²) in [7, 11) is 0. The third-order valence-corrected chi connectivity index (χ3v) is 4.72. The van der Waals surface area contributed by atoms with Crippen LogP contribution in [-0.2, 0) is 5.54 Å². The average molecular weight is 254 g/mol. The number of rotatable bonds is 1. The van der Waals surface area contributed by atoms with E-state index in [1.165, 1.54) is 29.2 Å². The molecular formula is C17H22N2. The fourth-order valence-corrected chi connectivity index (χ4v) is 3.19. The SMILES string of the molecule is CC1(C)CCC(N)(c2cccc3ccncc23)CC1. The van der Waals surface area contributed by atoms with Gasteiger partial charge in [0.15, 0.2) is 0 Å². The van der Waals surface area contributed by atoms with Gasteiger partial charge in [-0.15, -0.1) is 0 Å². The summed E-state index contributed by atoms with van der Waals surface area (Å²) in [5.74, 6) is 0. The predicted molar refractivity (Wildman–Crippen MR) is 79.9 cm³/mol. The average Bonchev–Trinajstić information content (AvgIpc) is 2.42. The molecule has 0 atom stereocenters. The highest BCUT2D eigenvalue weighted by Gasteiger charge is 2.37. The summed E-state index contributed by atoms with van der Waals surface area (Å²) in [6, 6.07) is 8.50. The van der Waals surface area contributed by atoms with E-state index in [4.69, 9.17) is 5.73 Å². The lowest BCUT2D eigenvalue weighted by molar-refractivity contribution is 0.166. The third kappa shape index (κ3) is 2.25. The van der Waals surface area contributed by atoms with Crippen LogP contribution in [-0.4, -0.2) is 4.98 Å². The normalized spacial score (nSPS) is 21.4. The molecule has 2 heteroatoms. The summed E-state index contributed by atoms with van der Waals surface area (Å²) in [5, 5.41) is 2.45. The largest absolute Gasteiger partial charge is 0.321 e. The number of fused-ring (bicyclic) bond motifs is 1. The first kappa shape index (κ1) is 12.6. The molecule has 1 aliphatic carbocycles. The molecule has 0 radical (unpaired) electrons. The van der Waals surface area contributed by atoms with E-state index in [0.717, 1.165) is 12.8 Å². The van der Waals surface area contributed by atoms with Gasteiger partial charge in [-0.1, -0.05) is 32.0 Å². The van der Waals surface area contributed by atoms with Crippen LogP contribution in [0.15, 0.2) is 36.7 Å². The van der Waals surface area contributed by atoms with E-state index < -0.39 is 0 Å². The van der Waals surface area contributed by atoms with Crippen molar-refractivity contribution in [2.24, 2.45) is 11.1 Å². The molecule has 2 nitrogen and oxygen atoms in total. The van der Waals surface area contributed by atoms with Gasteiger partial charge in [0.25, 0.3) is 0 Å². The van der Waals surface area contributed by atoms with Crippen LogP contribution in [0.5, 0.6) is 0 Å². The fraction of sp³-hybridized carbons (Fsp3) is 0.471. The lowest BCUT2D eigenvalue weighted by Crippen LogP contribution is -2.42. The number of benzene rings is 1. The first-order chi connectivity index (χ1) is 9.00. The van der Waals surface area contributed by atoms with E-state index in [2.05, 4.69) is 43.1 Å². The first-order valence-electron chi connectivity index (χ1n) is 7.12. The van der Waals surface area contributed by atoms with Crippen molar-refractivity contribution in [3.63, 3.8) is 0 Å². The van der Waals surface area contributed by atoms with Gasteiger partial charge in [-0.3, -0.25) is 4.98 Å². The Hall–Kier alpha value is -1.41. The van der Waals surface area contributed by atoms with E-state index in [9.17, 15) is 0 Å². The van der Waals surface area contributed by atoms with Crippen LogP contribution < -0.4 is 5.73 Å². The minimum Gasteiger partial charge on any atom is -0.321 e. The summed E-state index contributed by atoms with van der Waals surface area (Å²) >= 11 is 0. The third-order valence-electron chi connectivity index (χ3n) is 4.72. The summed E-state index contributed by atoms with van der Waals surface area (Å²) in [4.78, 5) is 4.27. The van der Waals surface area contributed by atoms with E-state index >= 15 is 0 Å². The maximum Gasteiger partial charge on any atom is 0.0416 e. The Bertz CT molecular complexity index is 586. The maximum absolute atomic E-state index is 6.74. The number of nitrogens with zero attached hydrogens (tertiary/aromatic N) is 1. The Morgan fingerprint density at radius 1 is 1.05 bits per heavy atom. The van der Waals surface area contributed by atoms with Gasteiger partial charge in [0.2, 0.25) is 0 Å². The molecular weight excluding hydrogens is 232 g/mol. The second-order valence-corrected chi connectivity index (χ2v) is 6.72. The van der Waals surface area contributed by atoms with Gasteiger partial charge >= 0.3 is 0 Å². The highest BCUT2D eigenvalue weighted by Crippen LogP contribution is 2.45. The highest BCUT2D eigenvalue weighted by atomic mass is 14.8. The van der Waals surface area contributed by atoms with Crippen molar-refractivity contribution in [1.29, 1.82) is 0 Å². The van der Waals surface area contributed by atoms with Crippen molar-refractivity contribution in [3.05, 3.63) is 42.2 Å². The number of hydrogen-bond donors (Lipinski definition) is 1. The van der Waals surface area contributed by atoms with Crippen molar-refractivity contribution >= 4 is 10.8 Å². The fourth-order valence-electron chi connectivity index (χ4n) is 3.19. The summed E-state index contributed by atoms with van der Waals surface area (Å²) in [6.07, 6.45) is 8.32. The summed E-state index contributed by atoms with van der Waals surface area (Å²) < 4.78 is 0. The van der Waals surface area contributed by atoms with Crippen LogP contribution in [0, 0.1) is 5.41 Å². The Labute approximate surface area is 115 Å². The molecule has 0 bridgehead atoms. The van der Waals surface area contributed by atoms with Crippen molar-refractivity contribution < 1.29 is 0 Å². The van der Waals surface area contributed by atoms with E-state index in [0.29, 0.717) is 5.41 Å². The smallest absolute Gasteiger partial charge is 0.0416 e. The Morgan fingerprint density at radius 3 is 2.53 bits per heavy atom. The van der Waals surface area contributed by atoms with Gasteiger partial charge in [-0.05, 0) is 48.1 Å². The van der Waals surface area contributed by atoms with Gasteiger partial charge in [0, 0.05) is 23.3 Å². The maximum atomic E-state index is 6.74. The molecule has 2 N–H and O–H groups in total. The number of aromatic nitrogens is 1. The molecule has 1 fully saturated rings. The molecule has 1 aliphatic rings. The number of nitrogens with two attached hydrogens (primary N) is 1. The second-order valence-electron chi connectivity index (χ2n) is 6.72. The molecule has 1 heterocycles.